The van der Waals surface area contributed by atoms with E-state index in [9.17, 15) is 0 Å². The molecule has 0 saturated heterocycles. The van der Waals surface area contributed by atoms with E-state index in [1.54, 1.807) is 6.20 Å². The third-order valence-electron chi connectivity index (χ3n) is 3.38. The summed E-state index contributed by atoms with van der Waals surface area (Å²) in [6, 6.07) is 12.7. The zero-order valence-corrected chi connectivity index (χ0v) is 9.06. The molecule has 2 aromatic rings. The summed E-state index contributed by atoms with van der Waals surface area (Å²) in [6.07, 6.45) is 4.05. The van der Waals surface area contributed by atoms with Gasteiger partial charge in [-0.25, -0.2) is 4.98 Å². The number of nitrogens with zero attached hydrogens (tertiary/aromatic N) is 1. The molecule has 0 saturated carbocycles. The molecule has 2 N–H and O–H groups in total. The molecule has 1 heterocycles. The zero-order chi connectivity index (χ0) is 11.0. The fraction of sp³-hybridized carbons (Fsp3) is 0.214. The molecular weight excluding hydrogens is 196 g/mol. The topological polar surface area (TPSA) is 38.9 Å². The normalized spacial score (nSPS) is 18.4. The second-order valence-corrected chi connectivity index (χ2v) is 4.27. The van der Waals surface area contributed by atoms with Gasteiger partial charge in [0.05, 0.1) is 0 Å². The zero-order valence-electron chi connectivity index (χ0n) is 9.06. The molecule has 3 rings (SSSR count). The van der Waals surface area contributed by atoms with Gasteiger partial charge in [0.15, 0.2) is 0 Å². The number of nitrogens with two attached hydrogens (primary N) is 1. The Hall–Kier alpha value is -1.83. The lowest BCUT2D eigenvalue weighted by atomic mass is 9.93. The number of hydrogen-bond donors (Lipinski definition) is 1. The van der Waals surface area contributed by atoms with Gasteiger partial charge in [0.25, 0.3) is 0 Å². The number of benzene rings is 1. The van der Waals surface area contributed by atoms with E-state index in [-0.39, 0.29) is 0 Å². The Morgan fingerprint density at radius 1 is 1.06 bits per heavy atom. The first-order valence-electron chi connectivity index (χ1n) is 5.64. The van der Waals surface area contributed by atoms with E-state index in [2.05, 4.69) is 35.3 Å². The van der Waals surface area contributed by atoms with Gasteiger partial charge in [-0.2, -0.15) is 0 Å². The van der Waals surface area contributed by atoms with Crippen LogP contribution in [0.15, 0.2) is 42.6 Å². The standard InChI is InChI=1S/C14H14N2/c15-14-13(6-3-9-16-14)12-8-7-10-4-1-2-5-11(10)12/h1-6,9,12H,7-8H2,(H2,15,16). The smallest absolute Gasteiger partial charge is 0.127 e. The first kappa shape index (κ1) is 9.40. The maximum atomic E-state index is 5.95. The van der Waals surface area contributed by atoms with Crippen molar-refractivity contribution in [3.8, 4) is 0 Å². The van der Waals surface area contributed by atoms with Gasteiger partial charge < -0.3 is 5.73 Å². The van der Waals surface area contributed by atoms with Crippen LogP contribution in [0, 0.1) is 0 Å². The average Bonchev–Trinajstić information content (AvgIpc) is 2.74. The largest absolute Gasteiger partial charge is 0.383 e. The molecule has 80 valence electrons. The van der Waals surface area contributed by atoms with Crippen LogP contribution in [0.5, 0.6) is 0 Å². The highest BCUT2D eigenvalue weighted by molar-refractivity contribution is 5.50. The summed E-state index contributed by atoms with van der Waals surface area (Å²) < 4.78 is 0. The van der Waals surface area contributed by atoms with Crippen LogP contribution in [0.2, 0.25) is 0 Å². The summed E-state index contributed by atoms with van der Waals surface area (Å²) in [4.78, 5) is 4.17. The summed E-state index contributed by atoms with van der Waals surface area (Å²) in [5, 5.41) is 0. The van der Waals surface area contributed by atoms with E-state index in [1.165, 1.54) is 16.7 Å². The maximum absolute atomic E-state index is 5.95. The number of anilines is 1. The summed E-state index contributed by atoms with van der Waals surface area (Å²) in [5.74, 6) is 1.11. The van der Waals surface area contributed by atoms with Crippen LogP contribution >= 0.6 is 0 Å². The summed E-state index contributed by atoms with van der Waals surface area (Å²) >= 11 is 0. The van der Waals surface area contributed by atoms with Crippen LogP contribution < -0.4 is 5.73 Å². The Morgan fingerprint density at radius 2 is 1.88 bits per heavy atom. The molecule has 2 heteroatoms. The monoisotopic (exact) mass is 210 g/mol. The third-order valence-corrected chi connectivity index (χ3v) is 3.38. The number of aryl methyl sites for hydroxylation is 1. The lowest BCUT2D eigenvalue weighted by molar-refractivity contribution is 0.787. The van der Waals surface area contributed by atoms with Gasteiger partial charge in [0.1, 0.15) is 5.82 Å². The molecule has 1 unspecified atom stereocenters. The van der Waals surface area contributed by atoms with Crippen LogP contribution in [-0.2, 0) is 6.42 Å². The van der Waals surface area contributed by atoms with Crippen LogP contribution in [-0.4, -0.2) is 4.98 Å². The number of hydrogen-bond acceptors (Lipinski definition) is 2. The van der Waals surface area contributed by atoms with E-state index in [4.69, 9.17) is 5.73 Å². The van der Waals surface area contributed by atoms with Gasteiger partial charge in [-0.05, 0) is 30.0 Å². The van der Waals surface area contributed by atoms with E-state index < -0.39 is 0 Å². The molecular formula is C14H14N2. The van der Waals surface area contributed by atoms with Crippen LogP contribution in [0.25, 0.3) is 0 Å². The predicted molar refractivity (Wildman–Crippen MR) is 65.3 cm³/mol. The predicted octanol–water partition coefficient (Wildman–Crippen LogP) is 2.74. The van der Waals surface area contributed by atoms with Gasteiger partial charge in [-0.15, -0.1) is 0 Å². The molecule has 0 fully saturated rings. The van der Waals surface area contributed by atoms with Crippen molar-refractivity contribution in [2.45, 2.75) is 18.8 Å². The summed E-state index contributed by atoms with van der Waals surface area (Å²) in [6.45, 7) is 0. The number of pyridine rings is 1. The average molecular weight is 210 g/mol. The fourth-order valence-electron chi connectivity index (χ4n) is 2.60. The van der Waals surface area contributed by atoms with Gasteiger partial charge in [-0.1, -0.05) is 30.3 Å². The van der Waals surface area contributed by atoms with E-state index in [0.29, 0.717) is 11.7 Å². The molecule has 2 nitrogen and oxygen atoms in total. The van der Waals surface area contributed by atoms with Crippen molar-refractivity contribution < 1.29 is 0 Å². The van der Waals surface area contributed by atoms with E-state index in [1.807, 2.05) is 6.07 Å². The van der Waals surface area contributed by atoms with E-state index >= 15 is 0 Å². The number of rotatable bonds is 1. The lowest BCUT2D eigenvalue weighted by Crippen LogP contribution is -2.02. The second kappa shape index (κ2) is 3.63. The number of nitrogen functional groups attached to an aromatic ring is 1. The van der Waals surface area contributed by atoms with E-state index in [0.717, 1.165) is 12.8 Å². The first-order chi connectivity index (χ1) is 7.86. The van der Waals surface area contributed by atoms with Gasteiger partial charge in [0.2, 0.25) is 0 Å². The Balaban J connectivity index is 2.08. The Morgan fingerprint density at radius 3 is 2.75 bits per heavy atom. The van der Waals surface area contributed by atoms with Gasteiger partial charge in [0, 0.05) is 17.7 Å². The van der Waals surface area contributed by atoms with Crippen LogP contribution in [0.1, 0.15) is 29.0 Å². The fourth-order valence-corrected chi connectivity index (χ4v) is 2.60. The quantitative estimate of drug-likeness (QED) is 0.786. The lowest BCUT2D eigenvalue weighted by Gasteiger charge is -2.13. The SMILES string of the molecule is Nc1ncccc1C1CCc2ccccc21. The van der Waals surface area contributed by atoms with Crippen molar-refractivity contribution in [3.05, 3.63) is 59.3 Å². The molecule has 0 aliphatic heterocycles. The van der Waals surface area contributed by atoms with Crippen molar-refractivity contribution in [1.29, 1.82) is 0 Å². The molecule has 0 amide bonds. The maximum Gasteiger partial charge on any atom is 0.127 e. The van der Waals surface area contributed by atoms with Crippen molar-refractivity contribution in [1.82, 2.24) is 4.98 Å². The number of fused-ring (bicyclic) bond motifs is 1. The highest BCUT2D eigenvalue weighted by atomic mass is 14.8. The molecule has 0 bridgehead atoms. The van der Waals surface area contributed by atoms with Gasteiger partial charge in [-0.3, -0.25) is 0 Å². The minimum absolute atomic E-state index is 0.435. The van der Waals surface area contributed by atoms with Crippen molar-refractivity contribution >= 4 is 5.82 Å². The molecule has 1 aromatic carbocycles. The van der Waals surface area contributed by atoms with Crippen molar-refractivity contribution in [3.63, 3.8) is 0 Å². The molecule has 1 atom stereocenters. The summed E-state index contributed by atoms with van der Waals surface area (Å²) in [7, 11) is 0. The second-order valence-electron chi connectivity index (χ2n) is 4.27. The highest BCUT2D eigenvalue weighted by Gasteiger charge is 2.24. The molecule has 1 aromatic heterocycles. The molecule has 0 radical (unpaired) electrons. The summed E-state index contributed by atoms with van der Waals surface area (Å²) in [5.41, 5.74) is 9.99. The first-order valence-corrected chi connectivity index (χ1v) is 5.64. The van der Waals surface area contributed by atoms with Crippen LogP contribution in [0.4, 0.5) is 5.82 Å². The van der Waals surface area contributed by atoms with Gasteiger partial charge >= 0.3 is 0 Å². The molecule has 0 spiro atoms. The Labute approximate surface area is 95.1 Å². The Bertz CT molecular complexity index is 520. The molecule has 1 aliphatic carbocycles. The molecule has 16 heavy (non-hydrogen) atoms. The molecule has 1 aliphatic rings. The number of aromatic nitrogens is 1. The van der Waals surface area contributed by atoms with Crippen molar-refractivity contribution in [2.75, 3.05) is 5.73 Å². The highest BCUT2D eigenvalue weighted by Crippen LogP contribution is 2.39. The van der Waals surface area contributed by atoms with Crippen LogP contribution in [0.3, 0.4) is 0 Å². The minimum atomic E-state index is 0.435. The minimum Gasteiger partial charge on any atom is -0.383 e. The van der Waals surface area contributed by atoms with Crippen molar-refractivity contribution in [2.24, 2.45) is 0 Å². The third kappa shape index (κ3) is 1.38. The Kier molecular flexibility index (Phi) is 2.13.